The molecule has 0 saturated heterocycles. The van der Waals surface area contributed by atoms with Crippen LogP contribution in [0.4, 0.5) is 0 Å². The number of thioether (sulfide) groups is 1. The highest BCUT2D eigenvalue weighted by Crippen LogP contribution is 2.33. The summed E-state index contributed by atoms with van der Waals surface area (Å²) in [4.78, 5) is 5.72. The van der Waals surface area contributed by atoms with E-state index in [1.54, 1.807) is 31.6 Å². The summed E-state index contributed by atoms with van der Waals surface area (Å²) in [5, 5.41) is 9.84. The van der Waals surface area contributed by atoms with Gasteiger partial charge in [-0.25, -0.2) is 4.98 Å². The summed E-state index contributed by atoms with van der Waals surface area (Å²) >= 11 is 3.17. The first-order valence-electron chi connectivity index (χ1n) is 9.80. The van der Waals surface area contributed by atoms with Crippen molar-refractivity contribution < 1.29 is 13.9 Å². The van der Waals surface area contributed by atoms with E-state index < -0.39 is 0 Å². The van der Waals surface area contributed by atoms with Crippen LogP contribution in [0.5, 0.6) is 11.5 Å². The number of hydrogen-bond donors (Lipinski definition) is 0. The number of nitrogens with zero attached hydrogens (tertiary/aromatic N) is 3. The zero-order valence-corrected chi connectivity index (χ0v) is 19.4. The maximum absolute atomic E-state index is 5.83. The molecule has 0 unspecified atom stereocenters. The maximum atomic E-state index is 5.83. The molecule has 8 heteroatoms. The molecule has 0 saturated carbocycles. The van der Waals surface area contributed by atoms with E-state index in [0.29, 0.717) is 34.3 Å². The second-order valence-corrected chi connectivity index (χ2v) is 9.21. The minimum absolute atomic E-state index is 0.426. The van der Waals surface area contributed by atoms with Crippen LogP contribution >= 0.6 is 23.1 Å². The Labute approximate surface area is 189 Å². The van der Waals surface area contributed by atoms with Crippen molar-refractivity contribution in [2.45, 2.75) is 30.7 Å². The SMILES string of the molecule is COc1cc(OC)cc(-c2nnc(SCc3cnc(-c4ccc(C(C)C)cc4)s3)o2)c1. The fraction of sp³-hybridized carbons (Fsp3) is 0.261. The number of aromatic nitrogens is 3. The lowest BCUT2D eigenvalue weighted by atomic mass is 10.0. The fourth-order valence-corrected chi connectivity index (χ4v) is 4.67. The van der Waals surface area contributed by atoms with E-state index >= 15 is 0 Å². The molecule has 0 spiro atoms. The molecule has 0 radical (unpaired) electrons. The van der Waals surface area contributed by atoms with E-state index in [0.717, 1.165) is 21.0 Å². The molecule has 0 fully saturated rings. The lowest BCUT2D eigenvalue weighted by molar-refractivity contribution is 0.394. The number of hydrogen-bond acceptors (Lipinski definition) is 8. The molecule has 0 amide bonds. The zero-order chi connectivity index (χ0) is 21.8. The number of ether oxygens (including phenoxy) is 2. The molecule has 2 heterocycles. The molecule has 4 aromatic rings. The van der Waals surface area contributed by atoms with Crippen molar-refractivity contribution in [1.29, 1.82) is 0 Å². The first-order valence-corrected chi connectivity index (χ1v) is 11.6. The second kappa shape index (κ2) is 9.53. The Morgan fingerprint density at radius 1 is 0.968 bits per heavy atom. The van der Waals surface area contributed by atoms with Gasteiger partial charge in [-0.3, -0.25) is 0 Å². The van der Waals surface area contributed by atoms with Crippen molar-refractivity contribution in [3.05, 3.63) is 59.1 Å². The summed E-state index contributed by atoms with van der Waals surface area (Å²) in [6.07, 6.45) is 1.91. The van der Waals surface area contributed by atoms with Gasteiger partial charge >= 0.3 is 0 Å². The molecular weight excluding hydrogens is 430 g/mol. The summed E-state index contributed by atoms with van der Waals surface area (Å²) in [6, 6.07) is 14.1. The van der Waals surface area contributed by atoms with Crippen molar-refractivity contribution in [2.24, 2.45) is 0 Å². The zero-order valence-electron chi connectivity index (χ0n) is 17.8. The molecule has 2 aromatic carbocycles. The highest BCUT2D eigenvalue weighted by molar-refractivity contribution is 7.98. The quantitative estimate of drug-likeness (QED) is 0.290. The van der Waals surface area contributed by atoms with E-state index in [4.69, 9.17) is 13.9 Å². The summed E-state index contributed by atoms with van der Waals surface area (Å²) in [7, 11) is 3.21. The fourth-order valence-electron chi connectivity index (χ4n) is 2.97. The Kier molecular flexibility index (Phi) is 6.58. The Balaban J connectivity index is 1.43. The average molecular weight is 454 g/mol. The highest BCUT2D eigenvalue weighted by Gasteiger charge is 2.13. The van der Waals surface area contributed by atoms with Gasteiger partial charge in [0.15, 0.2) is 0 Å². The molecule has 160 valence electrons. The Bertz CT molecular complexity index is 1130. The van der Waals surface area contributed by atoms with Crippen LogP contribution in [0.25, 0.3) is 22.0 Å². The number of thiazole rings is 1. The second-order valence-electron chi connectivity index (χ2n) is 7.17. The minimum atomic E-state index is 0.426. The molecular formula is C23H23N3O3S2. The third-order valence-electron chi connectivity index (χ3n) is 4.72. The predicted molar refractivity (Wildman–Crippen MR) is 124 cm³/mol. The minimum Gasteiger partial charge on any atom is -0.497 e. The maximum Gasteiger partial charge on any atom is 0.277 e. The molecule has 2 aromatic heterocycles. The molecule has 6 nitrogen and oxygen atoms in total. The van der Waals surface area contributed by atoms with E-state index in [1.165, 1.54) is 17.3 Å². The topological polar surface area (TPSA) is 70.3 Å². The molecule has 0 N–H and O–H groups in total. The molecule has 0 aliphatic heterocycles. The van der Waals surface area contributed by atoms with Crippen molar-refractivity contribution in [2.75, 3.05) is 14.2 Å². The predicted octanol–water partition coefficient (Wildman–Crippen LogP) is 6.29. The van der Waals surface area contributed by atoms with Gasteiger partial charge in [-0.05, 0) is 23.6 Å². The lowest BCUT2D eigenvalue weighted by Gasteiger charge is -2.05. The Morgan fingerprint density at radius 3 is 2.32 bits per heavy atom. The normalized spacial score (nSPS) is 11.1. The molecule has 0 bridgehead atoms. The van der Waals surface area contributed by atoms with Gasteiger partial charge < -0.3 is 13.9 Å². The van der Waals surface area contributed by atoms with Crippen molar-refractivity contribution in [1.82, 2.24) is 15.2 Å². The molecule has 4 rings (SSSR count). The van der Waals surface area contributed by atoms with E-state index in [1.807, 2.05) is 18.3 Å². The van der Waals surface area contributed by atoms with Crippen LogP contribution in [0.2, 0.25) is 0 Å². The van der Waals surface area contributed by atoms with Crippen LogP contribution < -0.4 is 9.47 Å². The van der Waals surface area contributed by atoms with Crippen LogP contribution in [0, 0.1) is 0 Å². The van der Waals surface area contributed by atoms with Crippen LogP contribution in [-0.4, -0.2) is 29.4 Å². The van der Waals surface area contributed by atoms with Gasteiger partial charge in [0.05, 0.1) is 14.2 Å². The van der Waals surface area contributed by atoms with Crippen LogP contribution in [0.15, 0.2) is 58.3 Å². The van der Waals surface area contributed by atoms with E-state index in [-0.39, 0.29) is 0 Å². The average Bonchev–Trinajstić information content (AvgIpc) is 3.47. The van der Waals surface area contributed by atoms with Crippen LogP contribution in [-0.2, 0) is 5.75 Å². The van der Waals surface area contributed by atoms with Crippen molar-refractivity contribution in [3.63, 3.8) is 0 Å². The summed E-state index contributed by atoms with van der Waals surface area (Å²) in [5.41, 5.74) is 3.22. The Morgan fingerprint density at radius 2 is 1.68 bits per heavy atom. The number of methoxy groups -OCH3 is 2. The van der Waals surface area contributed by atoms with Gasteiger partial charge in [0.25, 0.3) is 5.22 Å². The first kappa shape index (κ1) is 21.4. The Hall–Kier alpha value is -2.84. The molecule has 0 atom stereocenters. The van der Waals surface area contributed by atoms with Gasteiger partial charge in [0.2, 0.25) is 5.89 Å². The van der Waals surface area contributed by atoms with E-state index in [9.17, 15) is 0 Å². The molecule has 31 heavy (non-hydrogen) atoms. The lowest BCUT2D eigenvalue weighted by Crippen LogP contribution is -1.88. The summed E-state index contributed by atoms with van der Waals surface area (Å²) in [5.74, 6) is 3.00. The van der Waals surface area contributed by atoms with Gasteiger partial charge in [-0.15, -0.1) is 21.5 Å². The largest absolute Gasteiger partial charge is 0.497 e. The van der Waals surface area contributed by atoms with E-state index in [2.05, 4.69) is 53.3 Å². The van der Waals surface area contributed by atoms with Crippen LogP contribution in [0.3, 0.4) is 0 Å². The molecule has 0 aliphatic rings. The van der Waals surface area contributed by atoms with Crippen LogP contribution in [0.1, 0.15) is 30.2 Å². The highest BCUT2D eigenvalue weighted by atomic mass is 32.2. The van der Waals surface area contributed by atoms with Gasteiger partial charge in [-0.2, -0.15) is 0 Å². The standard InChI is InChI=1S/C23H23N3O3S2/c1-14(2)15-5-7-16(8-6-15)22-24-12-20(31-22)13-30-23-26-25-21(29-23)17-9-18(27-3)11-19(10-17)28-4/h5-12,14H,13H2,1-4H3. The van der Waals surface area contributed by atoms with Crippen molar-refractivity contribution >= 4 is 23.1 Å². The monoisotopic (exact) mass is 453 g/mol. The summed E-state index contributed by atoms with van der Waals surface area (Å²) < 4.78 is 16.4. The first-order chi connectivity index (χ1) is 15.1. The van der Waals surface area contributed by atoms with Gasteiger partial charge in [0.1, 0.15) is 16.5 Å². The smallest absolute Gasteiger partial charge is 0.277 e. The third kappa shape index (κ3) is 5.08. The van der Waals surface area contributed by atoms with Gasteiger partial charge in [0, 0.05) is 34.0 Å². The van der Waals surface area contributed by atoms with Crippen molar-refractivity contribution in [3.8, 4) is 33.5 Å². The number of rotatable bonds is 8. The van der Waals surface area contributed by atoms with Gasteiger partial charge in [-0.1, -0.05) is 49.9 Å². The summed E-state index contributed by atoms with van der Waals surface area (Å²) in [6.45, 7) is 4.39. The molecule has 0 aliphatic carbocycles. The third-order valence-corrected chi connectivity index (χ3v) is 6.82. The number of benzene rings is 2.